The number of para-hydroxylation sites is 4. The molecule has 4 nitrogen and oxygen atoms in total. The second kappa shape index (κ2) is 12.4. The van der Waals surface area contributed by atoms with Crippen molar-refractivity contribution in [2.75, 3.05) is 9.80 Å². The normalized spacial score (nSPS) is 11.7. The maximum Gasteiger partial charge on any atom is 0.209 e. The van der Waals surface area contributed by atoms with E-state index in [1.165, 1.54) is 0 Å². The number of rotatable bonds is 6. The molecule has 0 aliphatic rings. The Kier molecular flexibility index (Phi) is 7.01. The molecule has 0 atom stereocenters. The van der Waals surface area contributed by atoms with Crippen LogP contribution < -0.4 is 9.80 Å². The summed E-state index contributed by atoms with van der Waals surface area (Å²) < 4.78 is 29.2. The number of fused-ring (bicyclic) bond motifs is 8. The third-order valence-corrected chi connectivity index (χ3v) is 10.6. The minimum absolute atomic E-state index is 0.195. The van der Waals surface area contributed by atoms with Crippen LogP contribution in [0.25, 0.3) is 65.4 Å². The Morgan fingerprint density at radius 3 is 1.04 bits per heavy atom. The summed E-state index contributed by atoms with van der Waals surface area (Å²) in [7, 11) is 0. The van der Waals surface area contributed by atoms with Crippen molar-refractivity contribution < 1.29 is 13.2 Å². The van der Waals surface area contributed by atoms with Crippen LogP contribution in [-0.2, 0) is 0 Å². The summed E-state index contributed by atoms with van der Waals surface area (Å²) >= 11 is 0. The zero-order valence-corrected chi connectivity index (χ0v) is 29.5. The van der Waals surface area contributed by atoms with Crippen molar-refractivity contribution in [1.29, 1.82) is 0 Å². The molecule has 2 aromatic heterocycles. The van der Waals surface area contributed by atoms with Gasteiger partial charge in [-0.1, -0.05) is 84.9 Å². The molecule has 0 radical (unpaired) electrons. The zero-order valence-electron chi connectivity index (χ0n) is 29.5. The third-order valence-electron chi connectivity index (χ3n) is 10.6. The van der Waals surface area contributed by atoms with E-state index >= 15 is 4.39 Å². The highest BCUT2D eigenvalue weighted by Gasteiger charge is 2.22. The summed E-state index contributed by atoms with van der Waals surface area (Å²) in [6.45, 7) is 0. The second-order valence-electron chi connectivity index (χ2n) is 13.9. The van der Waals surface area contributed by atoms with Gasteiger partial charge < -0.3 is 18.6 Å². The fourth-order valence-electron chi connectivity index (χ4n) is 8.03. The molecular formula is C50H31FN2O2. The van der Waals surface area contributed by atoms with Gasteiger partial charge in [-0.15, -0.1) is 0 Å². The van der Waals surface area contributed by atoms with Crippen LogP contribution in [0.1, 0.15) is 0 Å². The van der Waals surface area contributed by atoms with Crippen LogP contribution in [0.5, 0.6) is 0 Å². The average Bonchev–Trinajstić information content (AvgIpc) is 3.78. The van der Waals surface area contributed by atoms with Crippen LogP contribution in [-0.4, -0.2) is 0 Å². The lowest BCUT2D eigenvalue weighted by Gasteiger charge is -2.25. The van der Waals surface area contributed by atoms with E-state index in [-0.39, 0.29) is 11.2 Å². The van der Waals surface area contributed by atoms with Crippen LogP contribution in [0.3, 0.4) is 0 Å². The predicted octanol–water partition coefficient (Wildman–Crippen LogP) is 14.9. The molecule has 5 heteroatoms. The standard InChI is InChI=1S/C50H31FN2O2/c51-48-49-44(42-27-32-21-23-40(25-34(32)29-46(42)54-49)52(36-13-5-1-6-14-36)37-15-7-2-8-16-37)31-45-43-28-33-22-24-41(26-35(33)30-47(43)55-50(45)48)53(38-17-9-3-10-18-38)39-19-11-4-12-20-39/h1-31H. The van der Waals surface area contributed by atoms with Gasteiger partial charge in [0.05, 0.1) is 0 Å². The molecule has 0 saturated heterocycles. The van der Waals surface area contributed by atoms with E-state index < -0.39 is 5.82 Å². The Bertz CT molecular complexity index is 2920. The lowest BCUT2D eigenvalue weighted by atomic mass is 10.0. The largest absolute Gasteiger partial charge is 0.453 e. The molecule has 0 fully saturated rings. The van der Waals surface area contributed by atoms with Gasteiger partial charge in [-0.25, -0.2) is 0 Å². The first-order valence-corrected chi connectivity index (χ1v) is 18.4. The fourth-order valence-corrected chi connectivity index (χ4v) is 8.03. The Labute approximate surface area is 315 Å². The van der Waals surface area contributed by atoms with Gasteiger partial charge >= 0.3 is 0 Å². The molecule has 9 aromatic carbocycles. The summed E-state index contributed by atoms with van der Waals surface area (Å²) in [6, 6.07) is 64.4. The van der Waals surface area contributed by atoms with E-state index in [0.29, 0.717) is 11.2 Å². The molecule has 55 heavy (non-hydrogen) atoms. The summed E-state index contributed by atoms with van der Waals surface area (Å²) in [4.78, 5) is 4.46. The number of halogens is 1. The summed E-state index contributed by atoms with van der Waals surface area (Å²) in [5.41, 5.74) is 7.91. The van der Waals surface area contributed by atoms with E-state index in [2.05, 4.69) is 107 Å². The van der Waals surface area contributed by atoms with Crippen molar-refractivity contribution in [3.8, 4) is 0 Å². The summed E-state index contributed by atoms with van der Waals surface area (Å²) in [6.07, 6.45) is 0. The van der Waals surface area contributed by atoms with Crippen molar-refractivity contribution >= 4 is 99.5 Å². The van der Waals surface area contributed by atoms with Gasteiger partial charge in [0.2, 0.25) is 5.82 Å². The Balaban J connectivity index is 1.03. The number of furan rings is 2. The van der Waals surface area contributed by atoms with Gasteiger partial charge in [0.25, 0.3) is 0 Å². The molecule has 0 aliphatic heterocycles. The SMILES string of the molecule is Fc1c2oc3cc4cc(N(c5ccccc5)c5ccccc5)ccc4cc3c2cc2c1oc1cc3cc(N(c4ccccc4)c4ccccc4)ccc3cc12. The smallest absolute Gasteiger partial charge is 0.209 e. The minimum Gasteiger partial charge on any atom is -0.453 e. The van der Waals surface area contributed by atoms with E-state index in [4.69, 9.17) is 8.83 Å². The quantitative estimate of drug-likeness (QED) is 0.172. The van der Waals surface area contributed by atoms with Crippen molar-refractivity contribution in [3.63, 3.8) is 0 Å². The summed E-state index contributed by atoms with van der Waals surface area (Å²) in [5.74, 6) is -0.493. The van der Waals surface area contributed by atoms with Gasteiger partial charge in [0.15, 0.2) is 11.2 Å². The minimum atomic E-state index is -0.493. The monoisotopic (exact) mass is 710 g/mol. The molecule has 0 unspecified atom stereocenters. The molecule has 11 rings (SSSR count). The lowest BCUT2D eigenvalue weighted by Crippen LogP contribution is -2.09. The van der Waals surface area contributed by atoms with Crippen LogP contribution >= 0.6 is 0 Å². The highest BCUT2D eigenvalue weighted by Crippen LogP contribution is 2.43. The first-order chi connectivity index (χ1) is 27.2. The number of benzene rings is 9. The van der Waals surface area contributed by atoms with Gasteiger partial charge in [0.1, 0.15) is 11.2 Å². The fraction of sp³-hybridized carbons (Fsp3) is 0. The molecule has 0 saturated carbocycles. The van der Waals surface area contributed by atoms with Crippen molar-refractivity contribution in [2.24, 2.45) is 0 Å². The molecule has 11 aromatic rings. The second-order valence-corrected chi connectivity index (χ2v) is 13.9. The van der Waals surface area contributed by atoms with Crippen molar-refractivity contribution in [2.45, 2.75) is 0 Å². The summed E-state index contributed by atoms with van der Waals surface area (Å²) in [5, 5.41) is 7.25. The van der Waals surface area contributed by atoms with Crippen LogP contribution in [0.4, 0.5) is 38.5 Å². The van der Waals surface area contributed by atoms with E-state index in [9.17, 15) is 0 Å². The van der Waals surface area contributed by atoms with Gasteiger partial charge in [-0.2, -0.15) is 4.39 Å². The van der Waals surface area contributed by atoms with Gasteiger partial charge in [-0.05, 0) is 125 Å². The number of hydrogen-bond donors (Lipinski definition) is 0. The van der Waals surface area contributed by atoms with Gasteiger partial charge in [0, 0.05) is 55.7 Å². The zero-order chi connectivity index (χ0) is 36.5. The molecule has 0 aliphatic carbocycles. The molecule has 2 heterocycles. The lowest BCUT2D eigenvalue weighted by molar-refractivity contribution is 0.561. The molecular weight excluding hydrogens is 680 g/mol. The third kappa shape index (κ3) is 5.12. The predicted molar refractivity (Wildman–Crippen MR) is 225 cm³/mol. The maximum atomic E-state index is 16.5. The maximum absolute atomic E-state index is 16.5. The topological polar surface area (TPSA) is 32.8 Å². The van der Waals surface area contributed by atoms with Crippen molar-refractivity contribution in [1.82, 2.24) is 0 Å². The van der Waals surface area contributed by atoms with Crippen LogP contribution in [0.2, 0.25) is 0 Å². The average molecular weight is 711 g/mol. The molecule has 260 valence electrons. The highest BCUT2D eigenvalue weighted by atomic mass is 19.1. The van der Waals surface area contributed by atoms with E-state index in [1.54, 1.807) is 0 Å². The molecule has 0 amide bonds. The number of hydrogen-bond acceptors (Lipinski definition) is 4. The van der Waals surface area contributed by atoms with E-state index in [0.717, 1.165) is 77.2 Å². The van der Waals surface area contributed by atoms with Gasteiger partial charge in [-0.3, -0.25) is 0 Å². The molecule has 0 N–H and O–H groups in total. The Morgan fingerprint density at radius 2 is 0.673 bits per heavy atom. The molecule has 0 spiro atoms. The first kappa shape index (κ1) is 31.2. The number of anilines is 6. The van der Waals surface area contributed by atoms with E-state index in [1.807, 2.05) is 91.0 Å². The van der Waals surface area contributed by atoms with Crippen molar-refractivity contribution in [3.05, 3.63) is 194 Å². The Morgan fingerprint density at radius 1 is 0.309 bits per heavy atom. The van der Waals surface area contributed by atoms with Crippen LogP contribution in [0, 0.1) is 5.82 Å². The Hall–Kier alpha value is -7.37. The highest BCUT2D eigenvalue weighted by molar-refractivity contribution is 6.19. The van der Waals surface area contributed by atoms with Crippen LogP contribution in [0.15, 0.2) is 197 Å². The first-order valence-electron chi connectivity index (χ1n) is 18.4. The molecule has 0 bridgehead atoms. The number of nitrogens with zero attached hydrogens (tertiary/aromatic N) is 2.